The number of nitrogens with one attached hydrogen (secondary N) is 1. The van der Waals surface area contributed by atoms with E-state index in [0.29, 0.717) is 44.9 Å². The van der Waals surface area contributed by atoms with Crippen LogP contribution >= 0.6 is 0 Å². The number of nitrogens with zero attached hydrogens (tertiary/aromatic N) is 4. The van der Waals surface area contributed by atoms with Crippen LogP contribution in [0.4, 0.5) is 11.6 Å². The number of aromatic nitrogens is 2. The van der Waals surface area contributed by atoms with Crippen LogP contribution in [-0.2, 0) is 14.3 Å². The Hall–Kier alpha value is -2.38. The number of likely N-dealkylation sites (tertiary alicyclic amines) is 1. The Bertz CT molecular complexity index is 706. The lowest BCUT2D eigenvalue weighted by Gasteiger charge is -2.34. The van der Waals surface area contributed by atoms with Crippen LogP contribution in [0.2, 0.25) is 0 Å². The molecule has 2 aliphatic heterocycles. The summed E-state index contributed by atoms with van der Waals surface area (Å²) < 4.78 is 5.11. The second-order valence-electron chi connectivity index (χ2n) is 8.19. The summed E-state index contributed by atoms with van der Waals surface area (Å²) in [6.07, 6.45) is 6.78. The van der Waals surface area contributed by atoms with Crippen LogP contribution in [0.1, 0.15) is 52.4 Å². The zero-order valence-corrected chi connectivity index (χ0v) is 18.3. The van der Waals surface area contributed by atoms with Gasteiger partial charge < -0.3 is 19.9 Å². The second-order valence-corrected chi connectivity index (χ2v) is 8.19. The first-order valence-corrected chi connectivity index (χ1v) is 11.4. The Kier molecular flexibility index (Phi) is 8.28. The van der Waals surface area contributed by atoms with E-state index in [4.69, 9.17) is 4.74 Å². The third kappa shape index (κ3) is 6.06. The smallest absolute Gasteiger partial charge is 0.309 e. The van der Waals surface area contributed by atoms with Crippen LogP contribution in [0.25, 0.3) is 0 Å². The fraction of sp³-hybridized carbons (Fsp3) is 0.727. The maximum atomic E-state index is 12.7. The Labute approximate surface area is 179 Å². The van der Waals surface area contributed by atoms with Gasteiger partial charge in [0.25, 0.3) is 0 Å². The predicted octanol–water partition coefficient (Wildman–Crippen LogP) is 2.71. The summed E-state index contributed by atoms with van der Waals surface area (Å²) in [6, 6.07) is 2.00. The minimum atomic E-state index is -0.117. The molecule has 1 unspecified atom stereocenters. The minimum Gasteiger partial charge on any atom is -0.466 e. The molecule has 3 rings (SSSR count). The number of hydrogen-bond acceptors (Lipinski definition) is 7. The van der Waals surface area contributed by atoms with Gasteiger partial charge in [-0.05, 0) is 51.9 Å². The van der Waals surface area contributed by atoms with Gasteiger partial charge in [0.2, 0.25) is 5.91 Å². The van der Waals surface area contributed by atoms with Gasteiger partial charge in [-0.1, -0.05) is 0 Å². The molecule has 0 spiro atoms. The average Bonchev–Trinajstić information content (AvgIpc) is 2.78. The molecule has 0 saturated carbocycles. The molecule has 2 fully saturated rings. The van der Waals surface area contributed by atoms with E-state index in [0.717, 1.165) is 50.5 Å². The Balaban J connectivity index is 1.44. The van der Waals surface area contributed by atoms with E-state index in [2.05, 4.69) is 27.1 Å². The number of anilines is 2. The topological polar surface area (TPSA) is 87.7 Å². The third-order valence-corrected chi connectivity index (χ3v) is 6.09. The van der Waals surface area contributed by atoms with Crippen LogP contribution < -0.4 is 10.2 Å². The molecule has 30 heavy (non-hydrogen) atoms. The molecule has 1 aromatic rings. The van der Waals surface area contributed by atoms with E-state index in [1.807, 2.05) is 17.9 Å². The van der Waals surface area contributed by atoms with E-state index in [1.54, 1.807) is 6.33 Å². The highest BCUT2D eigenvalue weighted by Gasteiger charge is 2.29. The van der Waals surface area contributed by atoms with Crippen molar-refractivity contribution in [3.8, 4) is 0 Å². The summed E-state index contributed by atoms with van der Waals surface area (Å²) in [5.41, 5.74) is 0. The third-order valence-electron chi connectivity index (χ3n) is 6.09. The summed E-state index contributed by atoms with van der Waals surface area (Å²) in [4.78, 5) is 37.5. The molecule has 1 N–H and O–H groups in total. The van der Waals surface area contributed by atoms with Crippen LogP contribution in [0, 0.1) is 11.8 Å². The van der Waals surface area contributed by atoms with Crippen molar-refractivity contribution in [2.24, 2.45) is 11.8 Å². The zero-order valence-electron chi connectivity index (χ0n) is 18.3. The van der Waals surface area contributed by atoms with Crippen molar-refractivity contribution in [3.63, 3.8) is 0 Å². The molecule has 0 radical (unpaired) electrons. The lowest BCUT2D eigenvalue weighted by atomic mass is 9.92. The maximum absolute atomic E-state index is 12.7. The minimum absolute atomic E-state index is 0.0548. The standard InChI is InChI=1S/C22H35N5O3/c1-3-23-19-14-20(25-16-24-19)27-11-5-6-17(15-27)7-8-21(28)26-12-9-18(10-13-26)22(29)30-4-2/h14,16-18H,3-13,15H2,1-2H3,(H,23,24,25). The van der Waals surface area contributed by atoms with Gasteiger partial charge in [-0.2, -0.15) is 0 Å². The molecule has 0 aromatic carbocycles. The predicted molar refractivity (Wildman–Crippen MR) is 116 cm³/mol. The normalized spacial score (nSPS) is 20.1. The van der Waals surface area contributed by atoms with Crippen LogP contribution in [0.15, 0.2) is 12.4 Å². The van der Waals surface area contributed by atoms with E-state index < -0.39 is 0 Å². The Morgan fingerprint density at radius 2 is 1.97 bits per heavy atom. The van der Waals surface area contributed by atoms with Crippen molar-refractivity contribution in [2.45, 2.75) is 52.4 Å². The molecule has 3 heterocycles. The van der Waals surface area contributed by atoms with Crippen molar-refractivity contribution in [3.05, 3.63) is 12.4 Å². The number of ether oxygens (including phenoxy) is 1. The van der Waals surface area contributed by atoms with Crippen molar-refractivity contribution < 1.29 is 14.3 Å². The molecular formula is C22H35N5O3. The van der Waals surface area contributed by atoms with Crippen molar-refractivity contribution in [1.29, 1.82) is 0 Å². The first-order chi connectivity index (χ1) is 14.6. The number of carbonyl (C=O) groups excluding carboxylic acids is 2. The monoisotopic (exact) mass is 417 g/mol. The number of carbonyl (C=O) groups is 2. The van der Waals surface area contributed by atoms with Gasteiger partial charge >= 0.3 is 5.97 Å². The Morgan fingerprint density at radius 3 is 2.70 bits per heavy atom. The number of hydrogen-bond donors (Lipinski definition) is 1. The van der Waals surface area contributed by atoms with Gasteiger partial charge in [0.05, 0.1) is 12.5 Å². The van der Waals surface area contributed by atoms with E-state index >= 15 is 0 Å². The fourth-order valence-corrected chi connectivity index (χ4v) is 4.42. The number of esters is 1. The van der Waals surface area contributed by atoms with Gasteiger partial charge in [0.1, 0.15) is 18.0 Å². The quantitative estimate of drug-likeness (QED) is 0.651. The fourth-order valence-electron chi connectivity index (χ4n) is 4.42. The molecule has 1 aromatic heterocycles. The molecule has 2 saturated heterocycles. The van der Waals surface area contributed by atoms with Gasteiger partial charge in [-0.15, -0.1) is 0 Å². The highest BCUT2D eigenvalue weighted by atomic mass is 16.5. The van der Waals surface area contributed by atoms with Crippen molar-refractivity contribution in [2.75, 3.05) is 49.5 Å². The highest BCUT2D eigenvalue weighted by Crippen LogP contribution is 2.26. The summed E-state index contributed by atoms with van der Waals surface area (Å²) in [5.74, 6) is 2.35. The molecule has 1 amide bonds. The number of piperidine rings is 2. The molecular weight excluding hydrogens is 382 g/mol. The lowest BCUT2D eigenvalue weighted by Crippen LogP contribution is -2.41. The summed E-state index contributed by atoms with van der Waals surface area (Å²) in [7, 11) is 0. The van der Waals surface area contributed by atoms with Gasteiger partial charge in [-0.3, -0.25) is 9.59 Å². The lowest BCUT2D eigenvalue weighted by molar-refractivity contribution is -0.151. The average molecular weight is 418 g/mol. The first kappa shape index (κ1) is 22.3. The highest BCUT2D eigenvalue weighted by molar-refractivity contribution is 5.77. The van der Waals surface area contributed by atoms with Crippen LogP contribution in [0.3, 0.4) is 0 Å². The molecule has 166 valence electrons. The Morgan fingerprint density at radius 1 is 1.17 bits per heavy atom. The SMILES string of the molecule is CCNc1cc(N2CCCC(CCC(=O)N3CCC(C(=O)OCC)CC3)C2)ncn1. The second kappa shape index (κ2) is 11.1. The van der Waals surface area contributed by atoms with Crippen LogP contribution in [0.5, 0.6) is 0 Å². The maximum Gasteiger partial charge on any atom is 0.309 e. The summed E-state index contributed by atoms with van der Waals surface area (Å²) >= 11 is 0. The number of rotatable bonds is 8. The van der Waals surface area contributed by atoms with Gasteiger partial charge in [0, 0.05) is 45.2 Å². The molecule has 0 aliphatic carbocycles. The van der Waals surface area contributed by atoms with E-state index in [-0.39, 0.29) is 17.8 Å². The zero-order chi connectivity index (χ0) is 21.3. The van der Waals surface area contributed by atoms with Crippen LogP contribution in [-0.4, -0.2) is 66.1 Å². The van der Waals surface area contributed by atoms with E-state index in [9.17, 15) is 9.59 Å². The molecule has 1 atom stereocenters. The molecule has 2 aliphatic rings. The van der Waals surface area contributed by atoms with Crippen molar-refractivity contribution in [1.82, 2.24) is 14.9 Å². The molecule has 8 nitrogen and oxygen atoms in total. The summed E-state index contributed by atoms with van der Waals surface area (Å²) in [6.45, 7) is 8.37. The first-order valence-electron chi connectivity index (χ1n) is 11.4. The molecule has 0 bridgehead atoms. The van der Waals surface area contributed by atoms with Crippen molar-refractivity contribution >= 4 is 23.5 Å². The largest absolute Gasteiger partial charge is 0.466 e. The molecule has 8 heteroatoms. The van der Waals surface area contributed by atoms with E-state index in [1.165, 1.54) is 0 Å². The van der Waals surface area contributed by atoms with Gasteiger partial charge in [-0.25, -0.2) is 9.97 Å². The number of amides is 1. The summed E-state index contributed by atoms with van der Waals surface area (Å²) in [5, 5.41) is 3.23. The van der Waals surface area contributed by atoms with Gasteiger partial charge in [0.15, 0.2) is 0 Å².